The lowest BCUT2D eigenvalue weighted by Gasteiger charge is -2.38. The molecule has 2 atom stereocenters. The summed E-state index contributed by atoms with van der Waals surface area (Å²) in [5.41, 5.74) is 0.987. The Morgan fingerprint density at radius 2 is 1.86 bits per heavy atom. The van der Waals surface area contributed by atoms with Crippen molar-refractivity contribution in [3.05, 3.63) is 29.8 Å². The lowest BCUT2D eigenvalue weighted by molar-refractivity contribution is 0.00578. The van der Waals surface area contributed by atoms with Crippen LogP contribution in [0.3, 0.4) is 0 Å². The fourth-order valence-electron chi connectivity index (χ4n) is 4.37. The summed E-state index contributed by atoms with van der Waals surface area (Å²) in [5, 5.41) is 10.0. The maximum atomic E-state index is 12.0. The van der Waals surface area contributed by atoms with Crippen molar-refractivity contribution in [1.82, 2.24) is 9.80 Å². The molecule has 1 N–H and O–H groups in total. The predicted octanol–water partition coefficient (Wildman–Crippen LogP) is 4.73. The zero-order chi connectivity index (χ0) is 26.4. The fourth-order valence-corrected chi connectivity index (χ4v) is 5.75. The SMILES string of the molecule is CN(C(=O)O)[C@H](CN1CCC(O[Si](C)(C)C(C)(C)C)C1)c1cccc(B2OC(C)(C)C(C)(C)O2)c1. The van der Waals surface area contributed by atoms with Crippen molar-refractivity contribution in [2.45, 2.75) is 96.4 Å². The van der Waals surface area contributed by atoms with Gasteiger partial charge in [-0.25, -0.2) is 4.79 Å². The van der Waals surface area contributed by atoms with Gasteiger partial charge < -0.3 is 23.7 Å². The van der Waals surface area contributed by atoms with Gasteiger partial charge in [-0.1, -0.05) is 45.0 Å². The molecule has 0 radical (unpaired) electrons. The summed E-state index contributed by atoms with van der Waals surface area (Å²) in [5.74, 6) is 0. The molecule has 3 rings (SSSR count). The monoisotopic (exact) mass is 504 g/mol. The Morgan fingerprint density at radius 3 is 2.40 bits per heavy atom. The highest BCUT2D eigenvalue weighted by atomic mass is 28.4. The Balaban J connectivity index is 1.77. The first-order chi connectivity index (χ1) is 15.9. The van der Waals surface area contributed by atoms with Crippen LogP contribution in [0.2, 0.25) is 18.1 Å². The maximum Gasteiger partial charge on any atom is 0.494 e. The molecule has 1 amide bonds. The molecule has 196 valence electrons. The van der Waals surface area contributed by atoms with Crippen LogP contribution in [0, 0.1) is 0 Å². The van der Waals surface area contributed by atoms with Crippen LogP contribution in [0.15, 0.2) is 24.3 Å². The zero-order valence-corrected chi connectivity index (χ0v) is 24.3. The van der Waals surface area contributed by atoms with Gasteiger partial charge in [0.1, 0.15) is 0 Å². The van der Waals surface area contributed by atoms with E-state index in [9.17, 15) is 9.90 Å². The normalized spacial score (nSPS) is 23.5. The third kappa shape index (κ3) is 6.13. The Labute approximate surface area is 213 Å². The average Bonchev–Trinajstić information content (AvgIpc) is 3.24. The highest BCUT2D eigenvalue weighted by molar-refractivity contribution is 6.74. The van der Waals surface area contributed by atoms with Gasteiger partial charge in [-0.2, -0.15) is 0 Å². The number of rotatable bonds is 7. The molecule has 1 aromatic carbocycles. The summed E-state index contributed by atoms with van der Waals surface area (Å²) >= 11 is 0. The van der Waals surface area contributed by atoms with E-state index in [2.05, 4.69) is 38.8 Å². The van der Waals surface area contributed by atoms with Gasteiger partial charge in [0.05, 0.1) is 23.3 Å². The number of amides is 1. The molecule has 1 aromatic rings. The minimum Gasteiger partial charge on any atom is -0.465 e. The van der Waals surface area contributed by atoms with Crippen LogP contribution < -0.4 is 5.46 Å². The van der Waals surface area contributed by atoms with Crippen LogP contribution in [0.25, 0.3) is 0 Å². The molecule has 0 bridgehead atoms. The van der Waals surface area contributed by atoms with E-state index in [1.54, 1.807) is 7.05 Å². The predicted molar refractivity (Wildman–Crippen MR) is 144 cm³/mol. The maximum absolute atomic E-state index is 12.0. The molecule has 2 saturated heterocycles. The van der Waals surface area contributed by atoms with Gasteiger partial charge in [0.15, 0.2) is 8.32 Å². The molecule has 2 fully saturated rings. The standard InChI is InChI=1S/C26H45BN2O5Si/c1-24(2,3)35(9,10)32-21-14-15-29(17-21)18-22(28(8)23(30)31)19-12-11-13-20(16-19)27-33-25(4,5)26(6,7)34-27/h11-13,16,21-22H,14-15,17-18H2,1-10H3,(H,30,31)/t21?,22-/m1/s1. The number of likely N-dealkylation sites (tertiary alicyclic amines) is 1. The van der Waals surface area contributed by atoms with Gasteiger partial charge in [-0.05, 0) is 63.3 Å². The van der Waals surface area contributed by atoms with Crippen molar-refractivity contribution in [3.8, 4) is 0 Å². The van der Waals surface area contributed by atoms with E-state index < -0.39 is 32.7 Å². The van der Waals surface area contributed by atoms with E-state index in [1.165, 1.54) is 4.90 Å². The smallest absolute Gasteiger partial charge is 0.465 e. The molecule has 1 unspecified atom stereocenters. The Morgan fingerprint density at radius 1 is 1.26 bits per heavy atom. The number of hydrogen-bond acceptors (Lipinski definition) is 5. The number of carbonyl (C=O) groups is 1. The number of hydrogen-bond donors (Lipinski definition) is 1. The summed E-state index contributed by atoms with van der Waals surface area (Å²) < 4.78 is 19.1. The second-order valence-electron chi connectivity index (χ2n) is 12.7. The highest BCUT2D eigenvalue weighted by Crippen LogP contribution is 2.39. The molecule has 0 spiro atoms. The van der Waals surface area contributed by atoms with Crippen LogP contribution in [0.1, 0.15) is 66.5 Å². The Bertz CT molecular complexity index is 901. The molecule has 2 heterocycles. The summed E-state index contributed by atoms with van der Waals surface area (Å²) in [6.07, 6.45) is 0.233. The molecule has 0 aromatic heterocycles. The highest BCUT2D eigenvalue weighted by Gasteiger charge is 2.51. The number of benzene rings is 1. The van der Waals surface area contributed by atoms with Crippen molar-refractivity contribution in [3.63, 3.8) is 0 Å². The van der Waals surface area contributed by atoms with Crippen molar-refractivity contribution < 1.29 is 23.6 Å². The molecule has 2 aliphatic rings. The van der Waals surface area contributed by atoms with Crippen LogP contribution in [0.5, 0.6) is 0 Å². The lowest BCUT2D eigenvalue weighted by atomic mass is 9.78. The van der Waals surface area contributed by atoms with Crippen molar-refractivity contribution >= 4 is 27.0 Å². The quantitative estimate of drug-likeness (QED) is 0.542. The lowest BCUT2D eigenvalue weighted by Crippen LogP contribution is -2.45. The fraction of sp³-hybridized carbons (Fsp3) is 0.731. The molecule has 0 saturated carbocycles. The molecular weight excluding hydrogens is 459 g/mol. The molecular formula is C26H45BN2O5Si. The average molecular weight is 505 g/mol. The van der Waals surface area contributed by atoms with Crippen molar-refractivity contribution in [2.24, 2.45) is 0 Å². The molecule has 0 aliphatic carbocycles. The summed E-state index contributed by atoms with van der Waals surface area (Å²) in [6, 6.07) is 7.68. The van der Waals surface area contributed by atoms with E-state index in [1.807, 2.05) is 52.0 Å². The van der Waals surface area contributed by atoms with Gasteiger partial charge in [-0.3, -0.25) is 4.90 Å². The third-order valence-electron chi connectivity index (χ3n) is 8.52. The van der Waals surface area contributed by atoms with Gasteiger partial charge >= 0.3 is 13.2 Å². The van der Waals surface area contributed by atoms with E-state index in [0.29, 0.717) is 6.54 Å². The van der Waals surface area contributed by atoms with E-state index in [-0.39, 0.29) is 17.2 Å². The van der Waals surface area contributed by atoms with E-state index in [0.717, 1.165) is 30.5 Å². The van der Waals surface area contributed by atoms with Crippen LogP contribution in [0.4, 0.5) is 4.79 Å². The minimum absolute atomic E-state index is 0.167. The van der Waals surface area contributed by atoms with Crippen molar-refractivity contribution in [1.29, 1.82) is 0 Å². The second-order valence-corrected chi connectivity index (χ2v) is 17.5. The van der Waals surface area contributed by atoms with Gasteiger partial charge in [0.2, 0.25) is 0 Å². The first-order valence-corrected chi connectivity index (χ1v) is 15.7. The van der Waals surface area contributed by atoms with Crippen LogP contribution in [-0.4, -0.2) is 80.4 Å². The van der Waals surface area contributed by atoms with Crippen LogP contribution in [-0.2, 0) is 13.7 Å². The summed E-state index contributed by atoms with van der Waals surface area (Å²) in [7, 11) is -0.683. The molecule has 7 nitrogen and oxygen atoms in total. The first-order valence-electron chi connectivity index (χ1n) is 12.7. The van der Waals surface area contributed by atoms with Crippen molar-refractivity contribution in [2.75, 3.05) is 26.7 Å². The molecule has 9 heteroatoms. The van der Waals surface area contributed by atoms with Gasteiger partial charge in [0, 0.05) is 26.7 Å². The topological polar surface area (TPSA) is 71.5 Å². The van der Waals surface area contributed by atoms with Crippen LogP contribution >= 0.6 is 0 Å². The largest absolute Gasteiger partial charge is 0.494 e. The number of likely N-dealkylation sites (N-methyl/N-ethyl adjacent to an activating group) is 1. The molecule has 2 aliphatic heterocycles. The summed E-state index contributed by atoms with van der Waals surface area (Å²) in [6.45, 7) is 21.9. The second kappa shape index (κ2) is 9.82. The number of nitrogens with zero attached hydrogens (tertiary/aromatic N) is 2. The minimum atomic E-state index is -1.85. The van der Waals surface area contributed by atoms with Gasteiger partial charge in [0.25, 0.3) is 0 Å². The molecule has 35 heavy (non-hydrogen) atoms. The number of carboxylic acid groups (broad SMARTS) is 1. The Hall–Kier alpha value is -1.39. The Kier molecular flexibility index (Phi) is 7.91. The zero-order valence-electron chi connectivity index (χ0n) is 23.3. The van der Waals surface area contributed by atoms with E-state index in [4.69, 9.17) is 13.7 Å². The first kappa shape index (κ1) is 28.2. The third-order valence-corrected chi connectivity index (χ3v) is 13.1. The van der Waals surface area contributed by atoms with E-state index >= 15 is 0 Å². The summed E-state index contributed by atoms with van der Waals surface area (Å²) in [4.78, 5) is 15.7. The van der Waals surface area contributed by atoms with Gasteiger partial charge in [-0.15, -0.1) is 0 Å².